The fourth-order valence-electron chi connectivity index (χ4n) is 5.17. The third kappa shape index (κ3) is 6.49. The molecule has 1 aromatic carbocycles. The Kier molecular flexibility index (Phi) is 8.20. The standard InChI is InChI=1S/C25H35F3N6O3/c26-25(27,28)15-3-4-18(21(36)10-15)23(29)19-11-31-12-20(19)24(30)32-16-2-1-7-33(13-16)14-22(37)34-8-5-17(35)6-9-34/h3-4,10,16-17,31-32,35-36H,1-2,5-9,11-14,29-30H2/b23-19-,24-20+. The number of hydrogen-bond donors (Lipinski definition) is 6. The molecule has 4 rings (SSSR count). The van der Waals surface area contributed by atoms with Gasteiger partial charge in [-0.15, -0.1) is 0 Å². The molecule has 0 radical (unpaired) electrons. The van der Waals surface area contributed by atoms with E-state index in [4.69, 9.17) is 11.5 Å². The summed E-state index contributed by atoms with van der Waals surface area (Å²) in [5, 5.41) is 26.4. The lowest BCUT2D eigenvalue weighted by molar-refractivity contribution is -0.137. The molecule has 37 heavy (non-hydrogen) atoms. The van der Waals surface area contributed by atoms with Crippen molar-refractivity contribution in [2.24, 2.45) is 11.5 Å². The number of rotatable bonds is 5. The Bertz CT molecular complexity index is 1070. The van der Waals surface area contributed by atoms with E-state index < -0.39 is 17.5 Å². The summed E-state index contributed by atoms with van der Waals surface area (Å²) in [6.07, 6.45) is -1.91. The number of hydrogen-bond acceptors (Lipinski definition) is 8. The number of phenols is 1. The molecule has 1 atom stereocenters. The Morgan fingerprint density at radius 1 is 1.11 bits per heavy atom. The summed E-state index contributed by atoms with van der Waals surface area (Å²) >= 11 is 0. The van der Waals surface area contributed by atoms with Crippen LogP contribution in [0.3, 0.4) is 0 Å². The average molecular weight is 525 g/mol. The van der Waals surface area contributed by atoms with Crippen LogP contribution in [0.1, 0.15) is 36.8 Å². The summed E-state index contributed by atoms with van der Waals surface area (Å²) in [4.78, 5) is 16.6. The second-order valence-electron chi connectivity index (χ2n) is 9.95. The van der Waals surface area contributed by atoms with Crippen LogP contribution >= 0.6 is 0 Å². The van der Waals surface area contributed by atoms with Crippen LogP contribution in [0.4, 0.5) is 13.2 Å². The normalized spacial score (nSPS) is 24.8. The molecule has 0 aromatic heterocycles. The molecule has 3 heterocycles. The minimum absolute atomic E-state index is 0.0137. The number of likely N-dealkylation sites (tertiary alicyclic amines) is 2. The first-order valence-corrected chi connectivity index (χ1v) is 12.6. The third-order valence-electron chi connectivity index (χ3n) is 7.27. The zero-order valence-corrected chi connectivity index (χ0v) is 20.7. The number of nitrogens with one attached hydrogen (secondary N) is 2. The number of amides is 1. The smallest absolute Gasteiger partial charge is 0.416 e. The van der Waals surface area contributed by atoms with Crippen molar-refractivity contribution < 1.29 is 28.2 Å². The number of carbonyl (C=O) groups excluding carboxylic acids is 1. The number of nitrogens with zero attached hydrogens (tertiary/aromatic N) is 2. The molecule has 1 aromatic rings. The van der Waals surface area contributed by atoms with Gasteiger partial charge in [-0.2, -0.15) is 13.2 Å². The van der Waals surface area contributed by atoms with E-state index in [0.717, 1.165) is 25.5 Å². The van der Waals surface area contributed by atoms with Gasteiger partial charge >= 0.3 is 6.18 Å². The SMILES string of the molecule is N/C(NC1CCCN(CC(=O)N2CCC(O)CC2)C1)=C1/CNC/C1=C(/N)c1ccc(C(F)(F)F)cc1O. The molecular weight excluding hydrogens is 489 g/mol. The van der Waals surface area contributed by atoms with Crippen molar-refractivity contribution >= 4 is 11.6 Å². The van der Waals surface area contributed by atoms with Crippen LogP contribution in [-0.2, 0) is 11.0 Å². The van der Waals surface area contributed by atoms with Crippen molar-refractivity contribution in [2.45, 2.75) is 44.0 Å². The maximum absolute atomic E-state index is 13.0. The van der Waals surface area contributed by atoms with E-state index >= 15 is 0 Å². The number of carbonyl (C=O) groups is 1. The second kappa shape index (κ2) is 11.2. The largest absolute Gasteiger partial charge is 0.507 e. The van der Waals surface area contributed by atoms with Crippen LogP contribution in [0.2, 0.25) is 0 Å². The molecule has 0 bridgehead atoms. The number of aliphatic hydroxyl groups excluding tert-OH is 1. The Morgan fingerprint density at radius 3 is 2.49 bits per heavy atom. The predicted octanol–water partition coefficient (Wildman–Crippen LogP) is 0.892. The van der Waals surface area contributed by atoms with Gasteiger partial charge in [-0.3, -0.25) is 9.69 Å². The van der Waals surface area contributed by atoms with Crippen LogP contribution in [0.15, 0.2) is 35.2 Å². The monoisotopic (exact) mass is 524 g/mol. The quantitative estimate of drug-likeness (QED) is 0.334. The maximum Gasteiger partial charge on any atom is 0.416 e. The zero-order valence-electron chi connectivity index (χ0n) is 20.7. The van der Waals surface area contributed by atoms with Gasteiger partial charge in [0.1, 0.15) is 11.6 Å². The number of nitrogens with two attached hydrogens (primary N) is 2. The van der Waals surface area contributed by atoms with Gasteiger partial charge < -0.3 is 37.2 Å². The number of phenolic OH excluding ortho intramolecular Hbond substituents is 1. The summed E-state index contributed by atoms with van der Waals surface area (Å²) in [6, 6.07) is 2.73. The number of alkyl halides is 3. The first kappa shape index (κ1) is 27.1. The summed E-state index contributed by atoms with van der Waals surface area (Å²) < 4.78 is 38.9. The van der Waals surface area contributed by atoms with Crippen LogP contribution < -0.4 is 22.1 Å². The molecule has 1 unspecified atom stereocenters. The van der Waals surface area contributed by atoms with Gasteiger partial charge in [-0.05, 0) is 56.0 Å². The van der Waals surface area contributed by atoms with E-state index in [9.17, 15) is 28.2 Å². The summed E-state index contributed by atoms with van der Waals surface area (Å²) in [7, 11) is 0. The van der Waals surface area contributed by atoms with Gasteiger partial charge in [0.15, 0.2) is 0 Å². The van der Waals surface area contributed by atoms with E-state index in [1.807, 2.05) is 0 Å². The van der Waals surface area contributed by atoms with E-state index in [-0.39, 0.29) is 29.3 Å². The Morgan fingerprint density at radius 2 is 1.81 bits per heavy atom. The number of piperidine rings is 2. The molecular formula is C25H35F3N6O3. The van der Waals surface area contributed by atoms with E-state index in [2.05, 4.69) is 15.5 Å². The summed E-state index contributed by atoms with van der Waals surface area (Å²) in [5.74, 6) is -0.0702. The number of benzene rings is 1. The van der Waals surface area contributed by atoms with Crippen molar-refractivity contribution in [3.8, 4) is 5.75 Å². The lowest BCUT2D eigenvalue weighted by Crippen LogP contribution is -2.51. The van der Waals surface area contributed by atoms with Crippen molar-refractivity contribution in [2.75, 3.05) is 45.8 Å². The van der Waals surface area contributed by atoms with Crippen molar-refractivity contribution in [3.63, 3.8) is 0 Å². The Labute approximate surface area is 214 Å². The molecule has 3 saturated heterocycles. The molecule has 12 heteroatoms. The topological polar surface area (TPSA) is 140 Å². The zero-order chi connectivity index (χ0) is 26.7. The number of aromatic hydroxyl groups is 1. The van der Waals surface area contributed by atoms with Crippen LogP contribution in [0.5, 0.6) is 5.75 Å². The number of aliphatic hydroxyl groups is 1. The second-order valence-corrected chi connectivity index (χ2v) is 9.95. The predicted molar refractivity (Wildman–Crippen MR) is 133 cm³/mol. The van der Waals surface area contributed by atoms with Gasteiger partial charge in [0, 0.05) is 55.6 Å². The highest BCUT2D eigenvalue weighted by Gasteiger charge is 2.32. The molecule has 9 nitrogen and oxygen atoms in total. The first-order valence-electron chi connectivity index (χ1n) is 12.6. The molecule has 3 fully saturated rings. The van der Waals surface area contributed by atoms with Crippen LogP contribution in [0, 0.1) is 0 Å². The molecule has 3 aliphatic rings. The van der Waals surface area contributed by atoms with Crippen molar-refractivity contribution in [1.82, 2.24) is 20.4 Å². The highest BCUT2D eigenvalue weighted by Crippen LogP contribution is 2.35. The molecule has 3 aliphatic heterocycles. The highest BCUT2D eigenvalue weighted by atomic mass is 19.4. The van der Waals surface area contributed by atoms with Gasteiger partial charge in [-0.1, -0.05) is 0 Å². The molecule has 1 amide bonds. The van der Waals surface area contributed by atoms with Crippen LogP contribution in [-0.4, -0.2) is 83.9 Å². The van der Waals surface area contributed by atoms with Gasteiger partial charge in [0.2, 0.25) is 5.91 Å². The Balaban J connectivity index is 1.43. The van der Waals surface area contributed by atoms with Crippen LogP contribution in [0.25, 0.3) is 5.70 Å². The first-order chi connectivity index (χ1) is 17.5. The van der Waals surface area contributed by atoms with E-state index in [1.165, 1.54) is 6.07 Å². The van der Waals surface area contributed by atoms with E-state index in [1.54, 1.807) is 4.90 Å². The summed E-state index contributed by atoms with van der Waals surface area (Å²) in [6.45, 7) is 3.70. The lowest BCUT2D eigenvalue weighted by Gasteiger charge is -2.36. The molecule has 204 valence electrons. The molecule has 0 aliphatic carbocycles. The average Bonchev–Trinajstić information content (AvgIpc) is 3.34. The molecule has 8 N–H and O–H groups in total. The van der Waals surface area contributed by atoms with Gasteiger partial charge in [0.25, 0.3) is 0 Å². The summed E-state index contributed by atoms with van der Waals surface area (Å²) in [5.41, 5.74) is 13.4. The van der Waals surface area contributed by atoms with E-state index in [0.29, 0.717) is 75.1 Å². The number of halogens is 3. The minimum Gasteiger partial charge on any atom is -0.507 e. The molecule has 0 spiro atoms. The van der Waals surface area contributed by atoms with Crippen molar-refractivity contribution in [1.29, 1.82) is 0 Å². The third-order valence-corrected chi connectivity index (χ3v) is 7.27. The fraction of sp³-hybridized carbons (Fsp3) is 0.560. The fourth-order valence-corrected chi connectivity index (χ4v) is 5.17. The van der Waals surface area contributed by atoms with Gasteiger partial charge in [-0.25, -0.2) is 0 Å². The van der Waals surface area contributed by atoms with Gasteiger partial charge in [0.05, 0.1) is 18.2 Å². The lowest BCUT2D eigenvalue weighted by atomic mass is 9.99. The Hall–Kier alpha value is -2.96. The van der Waals surface area contributed by atoms with Crippen molar-refractivity contribution in [3.05, 3.63) is 46.3 Å². The molecule has 0 saturated carbocycles. The minimum atomic E-state index is -4.57. The maximum atomic E-state index is 13.0. The highest BCUT2D eigenvalue weighted by molar-refractivity contribution is 5.78.